The van der Waals surface area contributed by atoms with Gasteiger partial charge in [-0.3, -0.25) is 19.7 Å². The first-order valence-corrected chi connectivity index (χ1v) is 8.03. The molecule has 8 heteroatoms. The van der Waals surface area contributed by atoms with E-state index in [1.807, 2.05) is 30.3 Å². The van der Waals surface area contributed by atoms with E-state index in [4.69, 9.17) is 0 Å². The molecule has 126 valence electrons. The van der Waals surface area contributed by atoms with Crippen LogP contribution in [-0.2, 0) is 9.59 Å². The summed E-state index contributed by atoms with van der Waals surface area (Å²) in [6, 6.07) is 14.4. The van der Waals surface area contributed by atoms with E-state index in [2.05, 4.69) is 15.9 Å². The topological polar surface area (TPSA) is 83.8 Å². The van der Waals surface area contributed by atoms with Gasteiger partial charge in [-0.05, 0) is 40.2 Å². The Kier molecular flexibility index (Phi) is 4.37. The minimum Gasteiger partial charge on any atom is -0.339 e. The van der Waals surface area contributed by atoms with Crippen molar-refractivity contribution in [1.29, 1.82) is 0 Å². The number of amides is 2. The molecule has 3 rings (SSSR count). The highest BCUT2D eigenvalue weighted by Gasteiger charge is 2.40. The van der Waals surface area contributed by atoms with Crippen LogP contribution in [0, 0.1) is 10.1 Å². The Hall–Kier alpha value is -3.00. The van der Waals surface area contributed by atoms with Crippen LogP contribution in [0.25, 0.3) is 0 Å². The number of para-hydroxylation sites is 1. The number of likely N-dealkylation sites (N-methyl/N-ethyl adjacent to an activating group) is 1. The average molecular weight is 402 g/mol. The fraction of sp³-hybridized carbons (Fsp3) is 0.0588. The maximum atomic E-state index is 12.8. The molecule has 1 heterocycles. The number of nitrogens with zero attached hydrogens (tertiary/aromatic N) is 3. The Morgan fingerprint density at radius 3 is 2.16 bits per heavy atom. The molecule has 7 nitrogen and oxygen atoms in total. The van der Waals surface area contributed by atoms with Crippen LogP contribution in [0.15, 0.2) is 64.8 Å². The first-order chi connectivity index (χ1) is 11.9. The van der Waals surface area contributed by atoms with Crippen molar-refractivity contribution in [3.63, 3.8) is 0 Å². The van der Waals surface area contributed by atoms with E-state index in [9.17, 15) is 19.7 Å². The van der Waals surface area contributed by atoms with Crippen LogP contribution in [0.5, 0.6) is 0 Å². The average Bonchev–Trinajstić information content (AvgIpc) is 2.84. The number of halogens is 1. The Bertz CT molecular complexity index is 894. The minimum absolute atomic E-state index is 0.114. The van der Waals surface area contributed by atoms with Crippen LogP contribution in [0.4, 0.5) is 17.1 Å². The highest BCUT2D eigenvalue weighted by molar-refractivity contribution is 9.12. The van der Waals surface area contributed by atoms with Gasteiger partial charge in [-0.25, -0.2) is 4.90 Å². The molecular weight excluding hydrogens is 390 g/mol. The molecule has 0 unspecified atom stereocenters. The molecule has 0 N–H and O–H groups in total. The SMILES string of the molecule is CN(C1=C(Br)C(=O)N(c2ccc([N+](=O)[O-])cc2)C1=O)c1ccccc1. The fourth-order valence-corrected chi connectivity index (χ4v) is 3.13. The first-order valence-electron chi connectivity index (χ1n) is 7.23. The fourth-order valence-electron chi connectivity index (χ4n) is 2.52. The van der Waals surface area contributed by atoms with Crippen LogP contribution < -0.4 is 9.80 Å². The number of hydrogen-bond donors (Lipinski definition) is 0. The lowest BCUT2D eigenvalue weighted by Crippen LogP contribution is -2.34. The van der Waals surface area contributed by atoms with Crippen molar-refractivity contribution in [2.75, 3.05) is 16.8 Å². The third-order valence-electron chi connectivity index (χ3n) is 3.80. The van der Waals surface area contributed by atoms with Crippen molar-refractivity contribution >= 4 is 44.8 Å². The number of nitro groups is 1. The zero-order valence-electron chi connectivity index (χ0n) is 13.0. The molecule has 0 spiro atoms. The third-order valence-corrected chi connectivity index (χ3v) is 4.52. The van der Waals surface area contributed by atoms with Gasteiger partial charge in [-0.15, -0.1) is 0 Å². The maximum absolute atomic E-state index is 12.8. The summed E-state index contributed by atoms with van der Waals surface area (Å²) < 4.78 is 0.141. The molecule has 1 aliphatic rings. The van der Waals surface area contributed by atoms with Gasteiger partial charge in [0.25, 0.3) is 17.5 Å². The summed E-state index contributed by atoms with van der Waals surface area (Å²) in [6.45, 7) is 0. The van der Waals surface area contributed by atoms with Gasteiger partial charge >= 0.3 is 0 Å². The monoisotopic (exact) mass is 401 g/mol. The number of carbonyl (C=O) groups excluding carboxylic acids is 2. The zero-order valence-corrected chi connectivity index (χ0v) is 14.6. The van der Waals surface area contributed by atoms with Gasteiger partial charge in [0.2, 0.25) is 0 Å². The summed E-state index contributed by atoms with van der Waals surface area (Å²) in [5, 5.41) is 10.7. The summed E-state index contributed by atoms with van der Waals surface area (Å²) in [5.74, 6) is -1.02. The Morgan fingerprint density at radius 1 is 1.00 bits per heavy atom. The number of non-ortho nitro benzene ring substituents is 1. The molecule has 0 saturated heterocycles. The van der Waals surface area contributed by atoms with Gasteiger partial charge in [-0.1, -0.05) is 18.2 Å². The molecule has 0 bridgehead atoms. The molecule has 0 atom stereocenters. The van der Waals surface area contributed by atoms with Gasteiger partial charge in [0.1, 0.15) is 10.2 Å². The molecule has 0 aromatic heterocycles. The smallest absolute Gasteiger partial charge is 0.283 e. The number of anilines is 2. The van der Waals surface area contributed by atoms with Crippen LogP contribution in [-0.4, -0.2) is 23.8 Å². The van der Waals surface area contributed by atoms with Crippen molar-refractivity contribution in [2.45, 2.75) is 0 Å². The van der Waals surface area contributed by atoms with Gasteiger partial charge in [0.15, 0.2) is 0 Å². The molecule has 2 amide bonds. The van der Waals surface area contributed by atoms with Gasteiger partial charge in [0.05, 0.1) is 10.6 Å². The Morgan fingerprint density at radius 2 is 1.60 bits per heavy atom. The number of carbonyl (C=O) groups is 2. The molecule has 0 fully saturated rings. The van der Waals surface area contributed by atoms with Crippen molar-refractivity contribution in [3.05, 3.63) is 74.9 Å². The van der Waals surface area contributed by atoms with Crippen molar-refractivity contribution in [1.82, 2.24) is 0 Å². The molecule has 0 aliphatic carbocycles. The molecular formula is C17H12BrN3O4. The van der Waals surface area contributed by atoms with E-state index in [1.54, 1.807) is 11.9 Å². The number of benzene rings is 2. The third kappa shape index (κ3) is 2.91. The summed E-state index contributed by atoms with van der Waals surface area (Å²) in [5.41, 5.74) is 1.11. The van der Waals surface area contributed by atoms with E-state index in [1.165, 1.54) is 24.3 Å². The van der Waals surface area contributed by atoms with Crippen LogP contribution in [0.2, 0.25) is 0 Å². The number of hydrogen-bond acceptors (Lipinski definition) is 5. The quantitative estimate of drug-likeness (QED) is 0.446. The Labute approximate surface area is 151 Å². The number of imide groups is 1. The van der Waals surface area contributed by atoms with Crippen LogP contribution in [0.3, 0.4) is 0 Å². The maximum Gasteiger partial charge on any atom is 0.283 e. The van der Waals surface area contributed by atoms with Crippen LogP contribution in [0.1, 0.15) is 0 Å². The van der Waals surface area contributed by atoms with Crippen molar-refractivity contribution in [2.24, 2.45) is 0 Å². The zero-order chi connectivity index (χ0) is 18.1. The lowest BCUT2D eigenvalue weighted by molar-refractivity contribution is -0.384. The van der Waals surface area contributed by atoms with Crippen molar-refractivity contribution in [3.8, 4) is 0 Å². The second-order valence-corrected chi connectivity index (χ2v) is 6.07. The normalized spacial score (nSPS) is 14.2. The minimum atomic E-state index is -0.541. The van der Waals surface area contributed by atoms with Gasteiger partial charge in [-0.2, -0.15) is 0 Å². The largest absolute Gasteiger partial charge is 0.339 e. The lowest BCUT2D eigenvalue weighted by Gasteiger charge is -2.21. The Balaban J connectivity index is 1.95. The predicted molar refractivity (Wildman–Crippen MR) is 96.4 cm³/mol. The van der Waals surface area contributed by atoms with E-state index >= 15 is 0 Å². The van der Waals surface area contributed by atoms with E-state index in [0.29, 0.717) is 0 Å². The highest BCUT2D eigenvalue weighted by atomic mass is 79.9. The molecule has 2 aromatic carbocycles. The molecule has 0 saturated carbocycles. The molecule has 25 heavy (non-hydrogen) atoms. The first kappa shape index (κ1) is 16.8. The summed E-state index contributed by atoms with van der Waals surface area (Å²) in [6.07, 6.45) is 0. The van der Waals surface area contributed by atoms with Gasteiger partial charge < -0.3 is 4.90 Å². The molecule has 1 aliphatic heterocycles. The summed E-state index contributed by atoms with van der Waals surface area (Å²) >= 11 is 3.20. The van der Waals surface area contributed by atoms with Crippen molar-refractivity contribution < 1.29 is 14.5 Å². The number of rotatable bonds is 4. The standard InChI is InChI=1S/C17H12BrN3O4/c1-19(11-5-3-2-4-6-11)15-14(18)16(22)20(17(15)23)12-7-9-13(10-8-12)21(24)25/h2-10H,1H3. The molecule has 0 radical (unpaired) electrons. The van der Waals surface area contributed by atoms with E-state index < -0.39 is 16.7 Å². The van der Waals surface area contributed by atoms with Crippen LogP contribution >= 0.6 is 15.9 Å². The van der Waals surface area contributed by atoms with E-state index in [-0.39, 0.29) is 21.6 Å². The summed E-state index contributed by atoms with van der Waals surface area (Å²) in [4.78, 5) is 38.1. The van der Waals surface area contributed by atoms with E-state index in [0.717, 1.165) is 10.6 Å². The molecule has 2 aromatic rings. The van der Waals surface area contributed by atoms with Gasteiger partial charge in [0, 0.05) is 24.9 Å². The number of nitro benzene ring substituents is 1. The lowest BCUT2D eigenvalue weighted by atomic mass is 10.2. The predicted octanol–water partition coefficient (Wildman–Crippen LogP) is 3.21. The highest BCUT2D eigenvalue weighted by Crippen LogP contribution is 2.34. The second kappa shape index (κ2) is 6.48. The second-order valence-electron chi connectivity index (χ2n) is 5.28. The summed E-state index contributed by atoms with van der Waals surface area (Å²) in [7, 11) is 1.69.